The fraction of sp³-hybridized carbons (Fsp3) is 0.500. The molecule has 1 nitrogen and oxygen atoms in total. The summed E-state index contributed by atoms with van der Waals surface area (Å²) >= 11 is 0. The molecule has 0 fully saturated rings. The van der Waals surface area contributed by atoms with E-state index >= 15 is 0 Å². The second-order valence-corrected chi connectivity index (χ2v) is 2.68. The first-order chi connectivity index (χ1) is 5.01. The predicted molar refractivity (Wildman–Crippen MR) is 38.5 cm³/mol. The molecule has 3 heteroatoms. The van der Waals surface area contributed by atoms with Gasteiger partial charge in [0.15, 0.2) is 0 Å². The Morgan fingerprint density at radius 1 is 1.64 bits per heavy atom. The molecule has 0 spiro atoms. The van der Waals surface area contributed by atoms with Gasteiger partial charge in [-0.25, -0.2) is 8.78 Å². The van der Waals surface area contributed by atoms with Crippen LogP contribution in [0.2, 0.25) is 0 Å². The molecule has 1 atom stereocenters. The smallest absolute Gasteiger partial charge is 0.270 e. The van der Waals surface area contributed by atoms with Gasteiger partial charge in [-0.15, -0.1) is 0 Å². The largest absolute Gasteiger partial charge is 0.389 e. The van der Waals surface area contributed by atoms with Gasteiger partial charge < -0.3 is 5.11 Å². The number of alkyl halides is 2. The molecule has 0 amide bonds. The van der Waals surface area contributed by atoms with Crippen LogP contribution in [0.25, 0.3) is 0 Å². The minimum atomic E-state index is -2.72. The van der Waals surface area contributed by atoms with Gasteiger partial charge >= 0.3 is 0 Å². The number of hydrogen-bond acceptors (Lipinski definition) is 1. The van der Waals surface area contributed by atoms with E-state index in [1.165, 1.54) is 12.2 Å². The van der Waals surface area contributed by atoms with Crippen molar-refractivity contribution in [2.45, 2.75) is 25.4 Å². The van der Waals surface area contributed by atoms with Crippen molar-refractivity contribution in [3.05, 3.63) is 23.8 Å². The Morgan fingerprint density at radius 2 is 2.27 bits per heavy atom. The number of hydrogen-bond donors (Lipinski definition) is 1. The third kappa shape index (κ3) is 2.12. The summed E-state index contributed by atoms with van der Waals surface area (Å²) in [5.41, 5.74) is 0.566. The van der Waals surface area contributed by atoms with Crippen LogP contribution in [-0.2, 0) is 0 Å². The topological polar surface area (TPSA) is 20.2 Å². The Balaban J connectivity index is 2.68. The van der Waals surface area contributed by atoms with Crippen LogP contribution >= 0.6 is 0 Å². The number of allylic oxidation sites excluding steroid dienone is 2. The molecule has 0 aromatic heterocycles. The number of aliphatic hydroxyl groups excluding tert-OH is 1. The quantitative estimate of drug-likeness (QED) is 0.621. The second kappa shape index (κ2) is 2.74. The molecule has 1 aliphatic rings. The lowest BCUT2D eigenvalue weighted by molar-refractivity contribution is 0.0563. The Hall–Kier alpha value is -0.700. The van der Waals surface area contributed by atoms with E-state index < -0.39 is 12.0 Å². The monoisotopic (exact) mass is 160 g/mol. The van der Waals surface area contributed by atoms with Gasteiger partial charge in [0, 0.05) is 6.42 Å². The van der Waals surface area contributed by atoms with E-state index in [4.69, 9.17) is 5.11 Å². The van der Waals surface area contributed by atoms with Crippen LogP contribution in [0, 0.1) is 0 Å². The summed E-state index contributed by atoms with van der Waals surface area (Å²) in [6, 6.07) is 0. The summed E-state index contributed by atoms with van der Waals surface area (Å²) in [6.07, 6.45) is 2.51. The minimum absolute atomic E-state index is 0.302. The van der Waals surface area contributed by atoms with Gasteiger partial charge in [0.1, 0.15) is 0 Å². The van der Waals surface area contributed by atoms with Crippen LogP contribution in [0.3, 0.4) is 0 Å². The van der Waals surface area contributed by atoms with Crippen LogP contribution in [0.15, 0.2) is 23.8 Å². The predicted octanol–water partition coefficient (Wildman–Crippen LogP) is 1.89. The lowest BCUT2D eigenvalue weighted by Gasteiger charge is -2.16. The molecule has 62 valence electrons. The highest BCUT2D eigenvalue weighted by atomic mass is 19.3. The van der Waals surface area contributed by atoms with E-state index in [1.807, 2.05) is 0 Å². The van der Waals surface area contributed by atoms with Crippen LogP contribution in [0.1, 0.15) is 13.3 Å². The summed E-state index contributed by atoms with van der Waals surface area (Å²) < 4.78 is 24.9. The van der Waals surface area contributed by atoms with Crippen LogP contribution in [0.4, 0.5) is 8.78 Å². The molecule has 1 aliphatic carbocycles. The highest BCUT2D eigenvalue weighted by Crippen LogP contribution is 2.27. The van der Waals surface area contributed by atoms with Gasteiger partial charge in [0.2, 0.25) is 0 Å². The molecule has 1 N–H and O–H groups in total. The van der Waals surface area contributed by atoms with Gasteiger partial charge in [0.25, 0.3) is 5.92 Å². The van der Waals surface area contributed by atoms with Gasteiger partial charge in [-0.1, -0.05) is 12.2 Å². The summed E-state index contributed by atoms with van der Waals surface area (Å²) in [4.78, 5) is 0. The van der Waals surface area contributed by atoms with Crippen molar-refractivity contribution in [1.29, 1.82) is 0 Å². The van der Waals surface area contributed by atoms with E-state index in [1.54, 1.807) is 6.92 Å². The highest BCUT2D eigenvalue weighted by molar-refractivity contribution is 5.28. The molecule has 11 heavy (non-hydrogen) atoms. The summed E-state index contributed by atoms with van der Waals surface area (Å²) in [5, 5.41) is 8.98. The molecule has 0 aliphatic heterocycles. The summed E-state index contributed by atoms with van der Waals surface area (Å²) in [5.74, 6) is -2.72. The van der Waals surface area contributed by atoms with Crippen LogP contribution in [0.5, 0.6) is 0 Å². The molecule has 0 bridgehead atoms. The van der Waals surface area contributed by atoms with Gasteiger partial charge in [-0.2, -0.15) is 0 Å². The van der Waals surface area contributed by atoms with Crippen molar-refractivity contribution in [3.63, 3.8) is 0 Å². The molecule has 0 saturated heterocycles. The molecule has 1 rings (SSSR count). The lowest BCUT2D eigenvalue weighted by atomic mass is 10.0. The Morgan fingerprint density at radius 3 is 2.64 bits per heavy atom. The van der Waals surface area contributed by atoms with Crippen LogP contribution in [-0.4, -0.2) is 17.1 Å². The number of aliphatic hydroxyl groups is 1. The van der Waals surface area contributed by atoms with Gasteiger partial charge in [-0.05, 0) is 18.6 Å². The van der Waals surface area contributed by atoms with Crippen LogP contribution < -0.4 is 0 Å². The molecule has 0 aromatic carbocycles. The first kappa shape index (κ1) is 8.40. The van der Waals surface area contributed by atoms with Crippen molar-refractivity contribution in [1.82, 2.24) is 0 Å². The maximum absolute atomic E-state index is 12.4. The van der Waals surface area contributed by atoms with Gasteiger partial charge in [0.05, 0.1) is 6.10 Å². The highest BCUT2D eigenvalue weighted by Gasteiger charge is 2.26. The Bertz CT molecular complexity index is 204. The van der Waals surface area contributed by atoms with E-state index in [2.05, 4.69) is 0 Å². The third-order valence-corrected chi connectivity index (χ3v) is 1.61. The van der Waals surface area contributed by atoms with Crippen molar-refractivity contribution in [2.75, 3.05) is 0 Å². The van der Waals surface area contributed by atoms with Gasteiger partial charge in [-0.3, -0.25) is 0 Å². The maximum Gasteiger partial charge on any atom is 0.270 e. The molecule has 0 aromatic rings. The first-order valence-corrected chi connectivity index (χ1v) is 3.46. The molecule has 0 saturated carbocycles. The van der Waals surface area contributed by atoms with Crippen molar-refractivity contribution in [2.24, 2.45) is 0 Å². The van der Waals surface area contributed by atoms with E-state index in [-0.39, 0.29) is 6.42 Å². The maximum atomic E-state index is 12.4. The molecule has 0 radical (unpaired) electrons. The lowest BCUT2D eigenvalue weighted by Crippen LogP contribution is -2.16. The molecular weight excluding hydrogens is 150 g/mol. The summed E-state index contributed by atoms with van der Waals surface area (Å²) in [7, 11) is 0. The normalized spacial score (nSPS) is 24.5. The second-order valence-electron chi connectivity index (χ2n) is 2.68. The molecule has 0 heterocycles. The average Bonchev–Trinajstić information content (AvgIpc) is 1.86. The number of rotatable bonds is 1. The van der Waals surface area contributed by atoms with Crippen molar-refractivity contribution in [3.8, 4) is 0 Å². The van der Waals surface area contributed by atoms with E-state index in [0.29, 0.717) is 5.57 Å². The zero-order valence-electron chi connectivity index (χ0n) is 6.22. The third-order valence-electron chi connectivity index (χ3n) is 1.61. The fourth-order valence-corrected chi connectivity index (χ4v) is 0.918. The zero-order chi connectivity index (χ0) is 8.48. The summed E-state index contributed by atoms with van der Waals surface area (Å²) in [6.45, 7) is 1.56. The minimum Gasteiger partial charge on any atom is -0.389 e. The van der Waals surface area contributed by atoms with E-state index in [0.717, 1.165) is 6.08 Å². The standard InChI is InChI=1S/C8H10F2O/c1-6(11)7-2-4-8(9,10)5-3-7/h2-4,6,11H,5H2,1H3. The molecular formula is C8H10F2O. The fourth-order valence-electron chi connectivity index (χ4n) is 0.918. The average molecular weight is 160 g/mol. The zero-order valence-corrected chi connectivity index (χ0v) is 6.22. The van der Waals surface area contributed by atoms with Crippen molar-refractivity contribution >= 4 is 0 Å². The van der Waals surface area contributed by atoms with Crippen molar-refractivity contribution < 1.29 is 13.9 Å². The number of halogens is 2. The Labute approximate surface area is 64.0 Å². The first-order valence-electron chi connectivity index (χ1n) is 3.46. The van der Waals surface area contributed by atoms with E-state index in [9.17, 15) is 8.78 Å². The SMILES string of the molecule is CC(O)C1=CCC(F)(F)C=C1. The Kier molecular flexibility index (Phi) is 2.09. The molecule has 1 unspecified atom stereocenters.